The largest absolute Gasteiger partial charge is 0.344 e. The maximum absolute atomic E-state index is 3.78. The Morgan fingerprint density at radius 2 is 1.38 bits per heavy atom. The zero-order chi connectivity index (χ0) is 4.24. The smallest absolute Gasteiger partial charge is 0.0267 e. The zero-order valence-electron chi connectivity index (χ0n) is 4.39. The van der Waals surface area contributed by atoms with E-state index in [1.807, 2.05) is 18.2 Å². The Kier molecular flexibility index (Phi) is 8.77. The minimum absolute atomic E-state index is 0. The quantitative estimate of drug-likeness (QED) is 0.568. The first-order valence-electron chi connectivity index (χ1n) is 1.85. The van der Waals surface area contributed by atoms with E-state index in [9.17, 15) is 0 Å². The van der Waals surface area contributed by atoms with Gasteiger partial charge in [0.15, 0.2) is 0 Å². The van der Waals surface area contributed by atoms with Gasteiger partial charge in [0, 0.05) is 29.5 Å². The van der Waals surface area contributed by atoms with Gasteiger partial charge in [-0.15, -0.1) is 0 Å². The molecule has 0 aliphatic carbocycles. The van der Waals surface area contributed by atoms with Gasteiger partial charge in [-0.3, -0.25) is 4.98 Å². The standard InChI is InChI=1S/C5H5N.Fe.H3N/c1-2-4-6-5-3-1;;/h1-5H;;1H3. The first kappa shape index (κ1) is 10.6. The number of aromatic nitrogens is 1. The van der Waals surface area contributed by atoms with Gasteiger partial charge in [-0.2, -0.15) is 0 Å². The van der Waals surface area contributed by atoms with E-state index in [0.717, 1.165) is 0 Å². The average Bonchev–Trinajstić information content (AvgIpc) is 1.72. The van der Waals surface area contributed by atoms with Crippen LogP contribution in [0.4, 0.5) is 0 Å². The van der Waals surface area contributed by atoms with Gasteiger partial charge in [0.2, 0.25) is 0 Å². The van der Waals surface area contributed by atoms with Gasteiger partial charge < -0.3 is 6.15 Å². The molecule has 0 aliphatic heterocycles. The summed E-state index contributed by atoms with van der Waals surface area (Å²) in [6.45, 7) is 0. The number of rotatable bonds is 0. The van der Waals surface area contributed by atoms with Crippen molar-refractivity contribution >= 4 is 0 Å². The van der Waals surface area contributed by atoms with Gasteiger partial charge in [0.25, 0.3) is 0 Å². The molecule has 0 saturated carbocycles. The first-order chi connectivity index (χ1) is 3.00. The van der Waals surface area contributed by atoms with Gasteiger partial charge in [-0.1, -0.05) is 6.07 Å². The molecule has 1 rings (SSSR count). The molecule has 0 aromatic carbocycles. The van der Waals surface area contributed by atoms with Crippen LogP contribution < -0.4 is 6.15 Å². The van der Waals surface area contributed by atoms with Gasteiger partial charge >= 0.3 is 0 Å². The van der Waals surface area contributed by atoms with Crippen molar-refractivity contribution < 1.29 is 17.1 Å². The predicted octanol–water partition coefficient (Wildman–Crippen LogP) is 1.24. The molecule has 1 aromatic rings. The topological polar surface area (TPSA) is 47.9 Å². The summed E-state index contributed by atoms with van der Waals surface area (Å²) in [5, 5.41) is 0. The van der Waals surface area contributed by atoms with E-state index >= 15 is 0 Å². The van der Waals surface area contributed by atoms with Gasteiger partial charge in [-0.25, -0.2) is 0 Å². The second-order valence-electron chi connectivity index (χ2n) is 1.02. The second kappa shape index (κ2) is 6.63. The van der Waals surface area contributed by atoms with E-state index in [0.29, 0.717) is 0 Å². The second-order valence-corrected chi connectivity index (χ2v) is 1.02. The number of hydrogen-bond acceptors (Lipinski definition) is 2. The fourth-order valence-corrected chi connectivity index (χ4v) is 0.313. The average molecular weight is 152 g/mol. The molecule has 8 heavy (non-hydrogen) atoms. The maximum atomic E-state index is 3.78. The van der Waals surface area contributed by atoms with E-state index in [4.69, 9.17) is 0 Å². The molecule has 3 heteroatoms. The van der Waals surface area contributed by atoms with E-state index in [1.54, 1.807) is 12.4 Å². The van der Waals surface area contributed by atoms with Crippen LogP contribution >= 0.6 is 0 Å². The molecule has 0 fully saturated rings. The Morgan fingerprint density at radius 1 is 0.875 bits per heavy atom. The molecular weight excluding hydrogens is 144 g/mol. The SMILES string of the molecule is N.[Fe].c1ccncc1. The third kappa shape index (κ3) is 3.81. The van der Waals surface area contributed by atoms with E-state index in [2.05, 4.69) is 4.98 Å². The predicted molar refractivity (Wildman–Crippen MR) is 29.3 cm³/mol. The molecule has 3 N–H and O–H groups in total. The van der Waals surface area contributed by atoms with E-state index in [1.165, 1.54) is 0 Å². The third-order valence-electron chi connectivity index (χ3n) is 0.566. The number of nitrogens with zero attached hydrogens (tertiary/aromatic N) is 1. The molecule has 0 spiro atoms. The summed E-state index contributed by atoms with van der Waals surface area (Å²) in [6.07, 6.45) is 3.50. The zero-order valence-corrected chi connectivity index (χ0v) is 5.50. The van der Waals surface area contributed by atoms with Crippen molar-refractivity contribution in [3.05, 3.63) is 30.6 Å². The van der Waals surface area contributed by atoms with Crippen LogP contribution in [0.15, 0.2) is 30.6 Å². The van der Waals surface area contributed by atoms with Crippen molar-refractivity contribution in [2.24, 2.45) is 0 Å². The van der Waals surface area contributed by atoms with E-state index < -0.39 is 0 Å². The van der Waals surface area contributed by atoms with Gasteiger partial charge in [0.05, 0.1) is 0 Å². The number of hydrogen-bond donors (Lipinski definition) is 1. The Balaban J connectivity index is 0. The Morgan fingerprint density at radius 3 is 1.50 bits per heavy atom. The molecule has 0 bridgehead atoms. The van der Waals surface area contributed by atoms with Crippen molar-refractivity contribution in [3.8, 4) is 0 Å². The van der Waals surface area contributed by atoms with Crippen LogP contribution in [0.5, 0.6) is 0 Å². The third-order valence-corrected chi connectivity index (χ3v) is 0.566. The van der Waals surface area contributed by atoms with Crippen LogP contribution in [0.2, 0.25) is 0 Å². The van der Waals surface area contributed by atoms with Crippen LogP contribution in [-0.2, 0) is 17.1 Å². The Hall–Kier alpha value is -0.371. The van der Waals surface area contributed by atoms with Gasteiger partial charge in [0.1, 0.15) is 0 Å². The molecule has 0 radical (unpaired) electrons. The van der Waals surface area contributed by atoms with Crippen LogP contribution in [-0.4, -0.2) is 4.98 Å². The molecule has 46 valence electrons. The molecule has 1 heterocycles. The summed E-state index contributed by atoms with van der Waals surface area (Å²) >= 11 is 0. The fourth-order valence-electron chi connectivity index (χ4n) is 0.313. The van der Waals surface area contributed by atoms with E-state index in [-0.39, 0.29) is 23.2 Å². The summed E-state index contributed by atoms with van der Waals surface area (Å²) < 4.78 is 0. The Bertz CT molecular complexity index is 82.4. The summed E-state index contributed by atoms with van der Waals surface area (Å²) in [6, 6.07) is 5.72. The normalized spacial score (nSPS) is 6.00. The molecule has 2 nitrogen and oxygen atoms in total. The summed E-state index contributed by atoms with van der Waals surface area (Å²) in [7, 11) is 0. The minimum Gasteiger partial charge on any atom is -0.344 e. The van der Waals surface area contributed by atoms with Crippen LogP contribution in [0.1, 0.15) is 0 Å². The van der Waals surface area contributed by atoms with Crippen LogP contribution in [0, 0.1) is 0 Å². The molecular formula is C5H8FeN2. The van der Waals surface area contributed by atoms with Crippen LogP contribution in [0.25, 0.3) is 0 Å². The Labute approximate surface area is 59.4 Å². The summed E-state index contributed by atoms with van der Waals surface area (Å²) in [5.74, 6) is 0. The molecule has 0 unspecified atom stereocenters. The molecule has 1 aromatic heterocycles. The fraction of sp³-hybridized carbons (Fsp3) is 0. The van der Waals surface area contributed by atoms with Crippen molar-refractivity contribution in [2.45, 2.75) is 0 Å². The summed E-state index contributed by atoms with van der Waals surface area (Å²) in [5.41, 5.74) is 0. The van der Waals surface area contributed by atoms with Crippen molar-refractivity contribution in [1.82, 2.24) is 11.1 Å². The molecule has 0 aliphatic rings. The van der Waals surface area contributed by atoms with Gasteiger partial charge in [-0.05, 0) is 12.1 Å². The molecule has 0 saturated heterocycles. The van der Waals surface area contributed by atoms with Crippen molar-refractivity contribution in [1.29, 1.82) is 0 Å². The molecule has 0 amide bonds. The minimum atomic E-state index is 0. The van der Waals surface area contributed by atoms with Crippen molar-refractivity contribution in [2.75, 3.05) is 0 Å². The monoisotopic (exact) mass is 152 g/mol. The van der Waals surface area contributed by atoms with Crippen molar-refractivity contribution in [3.63, 3.8) is 0 Å². The summed E-state index contributed by atoms with van der Waals surface area (Å²) in [4.78, 5) is 3.78. The maximum Gasteiger partial charge on any atom is 0.0267 e. The number of pyridine rings is 1. The van der Waals surface area contributed by atoms with Crippen LogP contribution in [0.3, 0.4) is 0 Å². The molecule has 0 atom stereocenters. The first-order valence-corrected chi connectivity index (χ1v) is 1.85.